The van der Waals surface area contributed by atoms with Crippen LogP contribution in [-0.4, -0.2) is 30.1 Å². The lowest BCUT2D eigenvalue weighted by atomic mass is 10.0. The highest BCUT2D eigenvalue weighted by Gasteiger charge is 2.34. The Bertz CT molecular complexity index is 894. The summed E-state index contributed by atoms with van der Waals surface area (Å²) in [5.41, 5.74) is 3.14. The van der Waals surface area contributed by atoms with Gasteiger partial charge in [0.25, 0.3) is 0 Å². The molecule has 7 heteroatoms. The molecule has 2 heterocycles. The molecular formula is C22H20Cl2N2O2S. The summed E-state index contributed by atoms with van der Waals surface area (Å²) in [4.78, 5) is 14.1. The van der Waals surface area contributed by atoms with Gasteiger partial charge in [0, 0.05) is 16.6 Å². The van der Waals surface area contributed by atoms with Crippen LogP contribution in [0.15, 0.2) is 65.4 Å². The van der Waals surface area contributed by atoms with Gasteiger partial charge < -0.3 is 15.0 Å². The predicted octanol–water partition coefficient (Wildman–Crippen LogP) is 5.75. The summed E-state index contributed by atoms with van der Waals surface area (Å²) in [5.74, 6) is 0. The van der Waals surface area contributed by atoms with Crippen LogP contribution >= 0.6 is 34.5 Å². The zero-order valence-corrected chi connectivity index (χ0v) is 17.9. The second kappa shape index (κ2) is 9.18. The third-order valence-corrected chi connectivity index (χ3v) is 6.07. The van der Waals surface area contributed by atoms with Gasteiger partial charge in [0.1, 0.15) is 6.10 Å². The van der Waals surface area contributed by atoms with Gasteiger partial charge in [0.05, 0.1) is 19.2 Å². The minimum absolute atomic E-state index is 0.0294. The Kier molecular flexibility index (Phi) is 6.40. The predicted molar refractivity (Wildman–Crippen MR) is 118 cm³/mol. The van der Waals surface area contributed by atoms with Crippen molar-refractivity contribution in [2.45, 2.75) is 18.8 Å². The van der Waals surface area contributed by atoms with Gasteiger partial charge in [-0.2, -0.15) is 11.3 Å². The third kappa shape index (κ3) is 5.11. The van der Waals surface area contributed by atoms with Crippen molar-refractivity contribution in [1.82, 2.24) is 10.2 Å². The van der Waals surface area contributed by atoms with E-state index in [9.17, 15) is 4.79 Å². The Morgan fingerprint density at radius 1 is 1.03 bits per heavy atom. The normalized spacial score (nSPS) is 14.1. The Hall–Kier alpha value is -2.05. The van der Waals surface area contributed by atoms with Crippen LogP contribution in [-0.2, 0) is 11.3 Å². The van der Waals surface area contributed by atoms with E-state index < -0.39 is 0 Å². The number of nitrogens with one attached hydrogen (secondary N) is 1. The first-order valence-electron chi connectivity index (χ1n) is 9.29. The number of urea groups is 1. The van der Waals surface area contributed by atoms with E-state index in [1.165, 1.54) is 0 Å². The number of benzene rings is 2. The highest BCUT2D eigenvalue weighted by atomic mass is 35.5. The number of hydrogen-bond acceptors (Lipinski definition) is 3. The van der Waals surface area contributed by atoms with E-state index in [0.717, 1.165) is 16.7 Å². The number of rotatable bonds is 6. The van der Waals surface area contributed by atoms with Crippen LogP contribution in [0, 0.1) is 0 Å². The monoisotopic (exact) mass is 446 g/mol. The zero-order valence-electron chi connectivity index (χ0n) is 15.6. The molecule has 0 unspecified atom stereocenters. The minimum atomic E-state index is -0.245. The summed E-state index contributed by atoms with van der Waals surface area (Å²) in [6.07, 6.45) is -0.274. The zero-order chi connectivity index (χ0) is 20.2. The van der Waals surface area contributed by atoms with E-state index in [-0.39, 0.29) is 18.2 Å². The molecule has 1 aliphatic heterocycles. The largest absolute Gasteiger partial charge is 0.362 e. The molecule has 0 bridgehead atoms. The van der Waals surface area contributed by atoms with E-state index in [1.807, 2.05) is 65.4 Å². The molecule has 29 heavy (non-hydrogen) atoms. The van der Waals surface area contributed by atoms with Crippen molar-refractivity contribution >= 4 is 40.6 Å². The van der Waals surface area contributed by atoms with Crippen molar-refractivity contribution < 1.29 is 9.53 Å². The van der Waals surface area contributed by atoms with Gasteiger partial charge in [0.2, 0.25) is 0 Å². The third-order valence-electron chi connectivity index (χ3n) is 4.83. The number of halogens is 2. The Morgan fingerprint density at radius 3 is 2.14 bits per heavy atom. The summed E-state index contributed by atoms with van der Waals surface area (Å²) in [7, 11) is 0. The molecule has 0 radical (unpaired) electrons. The Morgan fingerprint density at radius 2 is 1.62 bits per heavy atom. The lowest BCUT2D eigenvalue weighted by Crippen LogP contribution is -2.57. The first-order valence-corrected chi connectivity index (χ1v) is 11.0. The molecule has 2 amide bonds. The van der Waals surface area contributed by atoms with Crippen LogP contribution in [0.2, 0.25) is 10.0 Å². The molecule has 150 valence electrons. The summed E-state index contributed by atoms with van der Waals surface area (Å²) in [6.45, 7) is 1.67. The number of nitrogens with zero attached hydrogens (tertiary/aromatic N) is 1. The summed E-state index contributed by atoms with van der Waals surface area (Å²) >= 11 is 13.7. The molecule has 4 nitrogen and oxygen atoms in total. The highest BCUT2D eigenvalue weighted by Crippen LogP contribution is 2.31. The van der Waals surface area contributed by atoms with Crippen LogP contribution in [0.1, 0.15) is 22.8 Å². The quantitative estimate of drug-likeness (QED) is 0.523. The SMILES string of the molecule is O=C(NCc1ccsc1)N1CC(OC(c2ccc(Cl)cc2)c2ccc(Cl)cc2)C1. The Balaban J connectivity index is 1.38. The smallest absolute Gasteiger partial charge is 0.317 e. The fourth-order valence-corrected chi connectivity index (χ4v) is 4.11. The van der Waals surface area contributed by atoms with Crippen molar-refractivity contribution in [3.05, 3.63) is 92.1 Å². The summed E-state index contributed by atoms with van der Waals surface area (Å²) < 4.78 is 6.36. The number of hydrogen-bond donors (Lipinski definition) is 1. The fourth-order valence-electron chi connectivity index (χ4n) is 3.19. The van der Waals surface area contributed by atoms with Crippen molar-refractivity contribution in [2.24, 2.45) is 0 Å². The minimum Gasteiger partial charge on any atom is -0.362 e. The van der Waals surface area contributed by atoms with Crippen molar-refractivity contribution in [3.63, 3.8) is 0 Å². The number of ether oxygens (including phenoxy) is 1. The van der Waals surface area contributed by atoms with Crippen LogP contribution in [0.25, 0.3) is 0 Å². The number of likely N-dealkylation sites (tertiary alicyclic amines) is 1. The summed E-state index contributed by atoms with van der Waals surface area (Å²) in [5, 5.41) is 8.34. The second-order valence-corrected chi connectivity index (χ2v) is 8.59. The van der Waals surface area contributed by atoms with Crippen LogP contribution in [0.5, 0.6) is 0 Å². The molecule has 1 aromatic heterocycles. The molecule has 0 aliphatic carbocycles. The maximum absolute atomic E-state index is 12.3. The number of amides is 2. The average molecular weight is 447 g/mol. The van der Waals surface area contributed by atoms with Gasteiger partial charge in [-0.05, 0) is 57.8 Å². The molecule has 4 rings (SSSR count). The molecule has 2 aromatic carbocycles. The van der Waals surface area contributed by atoms with Gasteiger partial charge in [-0.3, -0.25) is 0 Å². The summed E-state index contributed by atoms with van der Waals surface area (Å²) in [6, 6.07) is 17.2. The number of carbonyl (C=O) groups is 1. The lowest BCUT2D eigenvalue weighted by molar-refractivity contribution is -0.0645. The van der Waals surface area contributed by atoms with Gasteiger partial charge >= 0.3 is 6.03 Å². The van der Waals surface area contributed by atoms with Crippen molar-refractivity contribution in [3.8, 4) is 0 Å². The molecule has 0 atom stereocenters. The van der Waals surface area contributed by atoms with Gasteiger partial charge in [-0.15, -0.1) is 0 Å². The molecule has 1 saturated heterocycles. The number of carbonyl (C=O) groups excluding carboxylic acids is 1. The number of thiophene rings is 1. The van der Waals surface area contributed by atoms with E-state index in [0.29, 0.717) is 29.7 Å². The van der Waals surface area contributed by atoms with Crippen molar-refractivity contribution in [1.29, 1.82) is 0 Å². The van der Waals surface area contributed by atoms with Crippen LogP contribution in [0.3, 0.4) is 0 Å². The maximum Gasteiger partial charge on any atom is 0.317 e. The maximum atomic E-state index is 12.3. The lowest BCUT2D eigenvalue weighted by Gasteiger charge is -2.40. The second-order valence-electron chi connectivity index (χ2n) is 6.94. The van der Waals surface area contributed by atoms with Gasteiger partial charge in [-0.1, -0.05) is 47.5 Å². The molecule has 0 spiro atoms. The van der Waals surface area contributed by atoms with Crippen LogP contribution in [0.4, 0.5) is 4.79 Å². The van der Waals surface area contributed by atoms with E-state index in [2.05, 4.69) is 5.32 Å². The highest BCUT2D eigenvalue weighted by molar-refractivity contribution is 7.07. The average Bonchev–Trinajstić information content (AvgIpc) is 3.21. The molecule has 1 N–H and O–H groups in total. The first-order chi connectivity index (χ1) is 14.1. The molecular weight excluding hydrogens is 427 g/mol. The van der Waals surface area contributed by atoms with Gasteiger partial charge in [0.15, 0.2) is 0 Å². The molecule has 0 saturated carbocycles. The molecule has 1 fully saturated rings. The van der Waals surface area contributed by atoms with Crippen molar-refractivity contribution in [2.75, 3.05) is 13.1 Å². The van der Waals surface area contributed by atoms with Crippen LogP contribution < -0.4 is 5.32 Å². The standard InChI is InChI=1S/C22H20Cl2N2O2S/c23-18-5-1-16(2-6-18)21(17-3-7-19(24)8-4-17)28-20-12-26(13-20)22(27)25-11-15-9-10-29-14-15/h1-10,14,20-21H,11-13H2,(H,25,27). The molecule has 1 aliphatic rings. The van der Waals surface area contributed by atoms with Gasteiger partial charge in [-0.25, -0.2) is 4.79 Å². The molecule has 3 aromatic rings. The van der Waals surface area contributed by atoms with E-state index in [1.54, 1.807) is 16.2 Å². The topological polar surface area (TPSA) is 41.6 Å². The fraction of sp³-hybridized carbons (Fsp3) is 0.227. The van der Waals surface area contributed by atoms with E-state index in [4.69, 9.17) is 27.9 Å². The Labute approximate surface area is 184 Å². The first kappa shape index (κ1) is 20.2. The van der Waals surface area contributed by atoms with E-state index >= 15 is 0 Å².